The number of hydrogen-bond acceptors (Lipinski definition) is 7. The minimum Gasteiger partial charge on any atom is -0.353 e. The molecule has 0 N–H and O–H groups in total. The first-order chi connectivity index (χ1) is 12.1. The zero-order valence-electron chi connectivity index (χ0n) is 13.2. The number of fused-ring (bicyclic) bond motifs is 1. The summed E-state index contributed by atoms with van der Waals surface area (Å²) in [5.41, 5.74) is 0.901. The molecule has 0 aliphatic carbocycles. The zero-order valence-corrected chi connectivity index (χ0v) is 14.8. The first kappa shape index (κ1) is 16.2. The number of nitrogens with zero attached hydrogens (tertiary/aromatic N) is 6. The van der Waals surface area contributed by atoms with Crippen LogP contribution in [0.3, 0.4) is 0 Å². The van der Waals surface area contributed by atoms with Gasteiger partial charge in [-0.2, -0.15) is 0 Å². The van der Waals surface area contributed by atoms with Crippen LogP contribution in [0.5, 0.6) is 0 Å². The Bertz CT molecular complexity index is 999. The molecule has 8 nitrogen and oxygen atoms in total. The van der Waals surface area contributed by atoms with Crippen molar-refractivity contribution in [3.8, 4) is 0 Å². The second kappa shape index (κ2) is 6.25. The number of aromatic nitrogens is 4. The quantitative estimate of drug-likeness (QED) is 0.638. The molecule has 0 bridgehead atoms. The fourth-order valence-electron chi connectivity index (χ4n) is 2.90. The molecule has 10 heteroatoms. The average Bonchev–Trinajstić information content (AvgIpc) is 3.10. The molecule has 0 spiro atoms. The molecule has 3 heterocycles. The van der Waals surface area contributed by atoms with E-state index >= 15 is 0 Å². The van der Waals surface area contributed by atoms with E-state index in [2.05, 4.69) is 31.1 Å². The fraction of sp³-hybridized carbons (Fsp3) is 0.267. The van der Waals surface area contributed by atoms with E-state index in [1.807, 2.05) is 4.31 Å². The number of benzene rings is 1. The monoisotopic (exact) mass is 378 g/mol. The highest BCUT2D eigenvalue weighted by atomic mass is 35.5. The van der Waals surface area contributed by atoms with Crippen LogP contribution in [0.2, 0.25) is 5.02 Å². The second-order valence-corrected chi connectivity index (χ2v) is 8.24. The fourth-order valence-corrected chi connectivity index (χ4v) is 5.24. The van der Waals surface area contributed by atoms with E-state index in [1.165, 1.54) is 0 Å². The van der Waals surface area contributed by atoms with Gasteiger partial charge in [0.15, 0.2) is 5.52 Å². The molecule has 1 aliphatic rings. The molecule has 0 saturated carbocycles. The Morgan fingerprint density at radius 2 is 1.96 bits per heavy atom. The molecule has 25 heavy (non-hydrogen) atoms. The van der Waals surface area contributed by atoms with E-state index in [1.54, 1.807) is 30.7 Å². The maximum Gasteiger partial charge on any atom is 0.153 e. The minimum atomic E-state index is -2.82. The normalized spacial score (nSPS) is 18.4. The van der Waals surface area contributed by atoms with E-state index in [-0.39, 0.29) is 0 Å². The van der Waals surface area contributed by atoms with Gasteiger partial charge >= 0.3 is 0 Å². The van der Waals surface area contributed by atoms with E-state index < -0.39 is 9.71 Å². The van der Waals surface area contributed by atoms with Gasteiger partial charge in [-0.1, -0.05) is 11.6 Å². The smallest absolute Gasteiger partial charge is 0.153 e. The van der Waals surface area contributed by atoms with Crippen LogP contribution >= 0.6 is 11.6 Å². The largest absolute Gasteiger partial charge is 0.353 e. The van der Waals surface area contributed by atoms with E-state index in [9.17, 15) is 4.21 Å². The first-order valence-corrected chi connectivity index (χ1v) is 9.67. The van der Waals surface area contributed by atoms with Crippen molar-refractivity contribution in [3.63, 3.8) is 0 Å². The van der Waals surface area contributed by atoms with Gasteiger partial charge in [-0.3, -0.25) is 4.98 Å². The number of piperazine rings is 1. The highest BCUT2D eigenvalue weighted by Crippen LogP contribution is 2.31. The lowest BCUT2D eigenvalue weighted by Gasteiger charge is -2.36. The summed E-state index contributed by atoms with van der Waals surface area (Å²) in [7, 11) is -2.82. The summed E-state index contributed by atoms with van der Waals surface area (Å²) >= 11 is 6.30. The lowest BCUT2D eigenvalue weighted by atomic mass is 10.3. The summed E-state index contributed by atoms with van der Waals surface area (Å²) in [4.78, 5) is 10.9. The summed E-state index contributed by atoms with van der Waals surface area (Å²) in [5.74, 6) is 4.77. The summed E-state index contributed by atoms with van der Waals surface area (Å²) < 4.78 is 20.1. The van der Waals surface area contributed by atoms with Crippen molar-refractivity contribution < 1.29 is 8.84 Å². The maximum absolute atomic E-state index is 13.5. The summed E-state index contributed by atoms with van der Waals surface area (Å²) in [6.07, 6.45) is 5.01. The number of hydrogen-bond donors (Lipinski definition) is 0. The molecular formula is C15H15ClN6O2S. The molecule has 1 atom stereocenters. The third-order valence-corrected chi connectivity index (χ3v) is 6.86. The number of rotatable bonds is 3. The van der Waals surface area contributed by atoms with Gasteiger partial charge in [-0.05, 0) is 28.3 Å². The molecule has 2 aromatic heterocycles. The highest BCUT2D eigenvalue weighted by molar-refractivity contribution is 7.98. The Balaban J connectivity index is 1.62. The van der Waals surface area contributed by atoms with E-state index in [4.69, 9.17) is 16.2 Å². The molecule has 0 amide bonds. The lowest BCUT2D eigenvalue weighted by molar-refractivity contribution is 0.315. The van der Waals surface area contributed by atoms with Gasteiger partial charge in [0.1, 0.15) is 11.3 Å². The Labute approximate surface area is 149 Å². The molecule has 1 aromatic carbocycles. The maximum atomic E-state index is 13.5. The van der Waals surface area contributed by atoms with Gasteiger partial charge in [0.2, 0.25) is 0 Å². The van der Waals surface area contributed by atoms with E-state index in [0.29, 0.717) is 47.1 Å². The van der Waals surface area contributed by atoms with Crippen LogP contribution in [0.4, 0.5) is 5.82 Å². The topological polar surface area (TPSA) is 88.3 Å². The predicted molar refractivity (Wildman–Crippen MR) is 96.2 cm³/mol. The third-order valence-electron chi connectivity index (χ3n) is 4.18. The minimum absolute atomic E-state index is 0.347. The third kappa shape index (κ3) is 2.84. The Morgan fingerprint density at radius 3 is 2.68 bits per heavy atom. The number of halogens is 1. The van der Waals surface area contributed by atoms with Gasteiger partial charge in [0, 0.05) is 38.6 Å². The Morgan fingerprint density at radius 1 is 1.16 bits per heavy atom. The molecule has 1 aliphatic heterocycles. The molecule has 4 rings (SSSR count). The average molecular weight is 379 g/mol. The van der Waals surface area contributed by atoms with Crippen molar-refractivity contribution in [3.05, 3.63) is 35.7 Å². The molecular weight excluding hydrogens is 364 g/mol. The van der Waals surface area contributed by atoms with Crippen molar-refractivity contribution in [2.24, 2.45) is 0 Å². The van der Waals surface area contributed by atoms with Crippen molar-refractivity contribution in [1.29, 1.82) is 0 Å². The molecule has 1 saturated heterocycles. The zero-order chi connectivity index (χ0) is 17.4. The highest BCUT2D eigenvalue weighted by Gasteiger charge is 2.29. The number of anilines is 1. The predicted octanol–water partition coefficient (Wildman–Crippen LogP) is 1.48. The summed E-state index contributed by atoms with van der Waals surface area (Å²) in [6.45, 7) is 2.43. The van der Waals surface area contributed by atoms with Crippen molar-refractivity contribution >= 4 is 44.0 Å². The van der Waals surface area contributed by atoms with Crippen LogP contribution in [0.15, 0.2) is 40.2 Å². The van der Waals surface area contributed by atoms with Crippen LogP contribution in [0.1, 0.15) is 0 Å². The van der Waals surface area contributed by atoms with Gasteiger partial charge < -0.3 is 4.90 Å². The Hall–Kier alpha value is -2.23. The van der Waals surface area contributed by atoms with Crippen LogP contribution in [-0.4, -0.2) is 60.8 Å². The molecule has 0 radical (unpaired) electrons. The lowest BCUT2D eigenvalue weighted by Crippen LogP contribution is -2.49. The van der Waals surface area contributed by atoms with Crippen molar-refractivity contribution in [1.82, 2.24) is 24.6 Å². The van der Waals surface area contributed by atoms with E-state index in [0.717, 1.165) is 5.82 Å². The molecule has 1 unspecified atom stereocenters. The standard InChI is InChI=1S/C15H15ClN6O2S/c1-25(23,15-11(16)2-3-12-14(15)20-24-19-12)22-8-6-21(7-9-22)13-10-17-4-5-18-13/h2-5,10H,1,6-9H2. The van der Waals surface area contributed by atoms with Crippen LogP contribution in [0, 0.1) is 0 Å². The molecule has 1 fully saturated rings. The first-order valence-electron chi connectivity index (χ1n) is 7.61. The van der Waals surface area contributed by atoms with Gasteiger partial charge in [-0.25, -0.2) is 18.1 Å². The SMILES string of the molecule is C=S(=O)(c1c(Cl)ccc2nonc12)N1CCN(c2cnccn2)CC1. The van der Waals surface area contributed by atoms with Crippen molar-refractivity contribution in [2.75, 3.05) is 31.1 Å². The van der Waals surface area contributed by atoms with Crippen LogP contribution < -0.4 is 4.90 Å². The van der Waals surface area contributed by atoms with Gasteiger partial charge in [-0.15, -0.1) is 0 Å². The molecule has 130 valence electrons. The van der Waals surface area contributed by atoms with Crippen molar-refractivity contribution in [2.45, 2.75) is 4.90 Å². The van der Waals surface area contributed by atoms with Gasteiger partial charge in [0.25, 0.3) is 0 Å². The van der Waals surface area contributed by atoms with Crippen LogP contribution in [-0.2, 0) is 9.71 Å². The summed E-state index contributed by atoms with van der Waals surface area (Å²) in [5, 5.41) is 8.00. The second-order valence-electron chi connectivity index (χ2n) is 5.63. The molecule has 3 aromatic rings. The van der Waals surface area contributed by atoms with Crippen LogP contribution in [0.25, 0.3) is 11.0 Å². The Kier molecular flexibility index (Phi) is 4.06. The summed E-state index contributed by atoms with van der Waals surface area (Å²) in [6, 6.07) is 3.32. The van der Waals surface area contributed by atoms with Gasteiger partial charge in [0.05, 0.1) is 25.8 Å².